The second-order valence-corrected chi connectivity index (χ2v) is 3.41. The molecule has 0 saturated heterocycles. The molecule has 3 nitrogen and oxygen atoms in total. The number of benzene rings is 1. The van der Waals surface area contributed by atoms with Crippen LogP contribution in [0.4, 0.5) is 11.5 Å². The zero-order chi connectivity index (χ0) is 11.2. The Hall–Kier alpha value is -2.03. The first-order valence-electron chi connectivity index (χ1n) is 5.30. The van der Waals surface area contributed by atoms with Gasteiger partial charge in [0.05, 0.1) is 5.69 Å². The van der Waals surface area contributed by atoms with E-state index in [2.05, 4.69) is 34.3 Å². The summed E-state index contributed by atoms with van der Waals surface area (Å²) in [6.07, 6.45) is 2.74. The van der Waals surface area contributed by atoms with Gasteiger partial charge in [-0.05, 0) is 36.2 Å². The summed E-state index contributed by atoms with van der Waals surface area (Å²) in [5.41, 5.74) is 2.15. The number of azo groups is 1. The van der Waals surface area contributed by atoms with E-state index < -0.39 is 0 Å². The van der Waals surface area contributed by atoms with Crippen molar-refractivity contribution < 1.29 is 0 Å². The van der Waals surface area contributed by atoms with Gasteiger partial charge in [0.25, 0.3) is 0 Å². The first-order chi connectivity index (χ1) is 7.88. The van der Waals surface area contributed by atoms with E-state index in [1.165, 1.54) is 5.56 Å². The van der Waals surface area contributed by atoms with Crippen molar-refractivity contribution in [2.24, 2.45) is 10.2 Å². The minimum Gasteiger partial charge on any atom is -0.236 e. The maximum atomic E-state index is 4.11. The summed E-state index contributed by atoms with van der Waals surface area (Å²) in [6, 6.07) is 13.6. The lowest BCUT2D eigenvalue weighted by molar-refractivity contribution is 1.12. The first-order valence-corrected chi connectivity index (χ1v) is 5.30. The quantitative estimate of drug-likeness (QED) is 0.705. The van der Waals surface area contributed by atoms with Crippen molar-refractivity contribution >= 4 is 11.5 Å². The van der Waals surface area contributed by atoms with Crippen LogP contribution in [0.2, 0.25) is 0 Å². The Morgan fingerprint density at radius 2 is 1.81 bits per heavy atom. The molecule has 3 heteroatoms. The lowest BCUT2D eigenvalue weighted by atomic mass is 10.2. The molecule has 2 rings (SSSR count). The van der Waals surface area contributed by atoms with Crippen LogP contribution >= 0.6 is 0 Å². The van der Waals surface area contributed by atoms with Crippen LogP contribution < -0.4 is 0 Å². The van der Waals surface area contributed by atoms with E-state index in [1.54, 1.807) is 6.20 Å². The van der Waals surface area contributed by atoms with Crippen LogP contribution in [0.3, 0.4) is 0 Å². The largest absolute Gasteiger partial charge is 0.236 e. The number of aryl methyl sites for hydroxylation is 1. The first kappa shape index (κ1) is 10.5. The Morgan fingerprint density at radius 1 is 1.00 bits per heavy atom. The highest BCUT2D eigenvalue weighted by molar-refractivity contribution is 5.39. The molecule has 0 bridgehead atoms. The lowest BCUT2D eigenvalue weighted by Crippen LogP contribution is -1.76. The van der Waals surface area contributed by atoms with Gasteiger partial charge in [0.15, 0.2) is 5.82 Å². The Balaban J connectivity index is 2.12. The molecule has 0 radical (unpaired) electrons. The predicted molar refractivity (Wildman–Crippen MR) is 64.2 cm³/mol. The lowest BCUT2D eigenvalue weighted by Gasteiger charge is -1.95. The summed E-state index contributed by atoms with van der Waals surface area (Å²) >= 11 is 0. The molecule has 0 spiro atoms. The van der Waals surface area contributed by atoms with Gasteiger partial charge < -0.3 is 0 Å². The average molecular weight is 211 g/mol. The topological polar surface area (TPSA) is 37.6 Å². The zero-order valence-corrected chi connectivity index (χ0v) is 9.17. The van der Waals surface area contributed by atoms with Gasteiger partial charge in [-0.15, -0.1) is 10.2 Å². The molecule has 1 aromatic carbocycles. The highest BCUT2D eigenvalue weighted by atomic mass is 15.1. The molecule has 0 unspecified atom stereocenters. The van der Waals surface area contributed by atoms with Gasteiger partial charge >= 0.3 is 0 Å². The fourth-order valence-corrected chi connectivity index (χ4v) is 1.32. The Bertz CT molecular complexity index is 460. The molecule has 1 heterocycles. The number of aromatic nitrogens is 1. The number of nitrogens with zero attached hydrogens (tertiary/aromatic N) is 3. The van der Waals surface area contributed by atoms with E-state index in [4.69, 9.17) is 0 Å². The summed E-state index contributed by atoms with van der Waals surface area (Å²) in [6.45, 7) is 2.13. The monoisotopic (exact) mass is 211 g/mol. The van der Waals surface area contributed by atoms with Crippen LogP contribution in [0.15, 0.2) is 58.9 Å². The fourth-order valence-electron chi connectivity index (χ4n) is 1.32. The van der Waals surface area contributed by atoms with Gasteiger partial charge in [-0.25, -0.2) is 4.98 Å². The van der Waals surface area contributed by atoms with E-state index in [0.717, 1.165) is 12.1 Å². The molecule has 0 atom stereocenters. The summed E-state index contributed by atoms with van der Waals surface area (Å²) in [5, 5.41) is 8.16. The summed E-state index contributed by atoms with van der Waals surface area (Å²) in [4.78, 5) is 4.07. The molecule has 0 fully saturated rings. The van der Waals surface area contributed by atoms with E-state index in [9.17, 15) is 0 Å². The molecule has 0 aliphatic heterocycles. The van der Waals surface area contributed by atoms with Crippen molar-refractivity contribution in [2.75, 3.05) is 0 Å². The van der Waals surface area contributed by atoms with Crippen LogP contribution in [-0.2, 0) is 6.42 Å². The standard InChI is InChI=1S/C13H13N3/c1-2-11-6-8-12(9-7-11)15-16-13-5-3-4-10-14-13/h3-10H,2H2,1H3. The van der Waals surface area contributed by atoms with Crippen LogP contribution in [0.25, 0.3) is 0 Å². The average Bonchev–Trinajstić information content (AvgIpc) is 2.38. The Kier molecular flexibility index (Phi) is 3.38. The van der Waals surface area contributed by atoms with Crippen molar-refractivity contribution in [3.05, 3.63) is 54.2 Å². The molecule has 1 aromatic heterocycles. The molecule has 16 heavy (non-hydrogen) atoms. The number of hydrogen-bond acceptors (Lipinski definition) is 3. The SMILES string of the molecule is CCc1ccc(N=Nc2ccccn2)cc1. The molecule has 2 aromatic rings. The highest BCUT2D eigenvalue weighted by Gasteiger charge is 1.91. The van der Waals surface area contributed by atoms with E-state index in [1.807, 2.05) is 30.3 Å². The molecule has 0 aliphatic carbocycles. The van der Waals surface area contributed by atoms with Crippen LogP contribution in [0.1, 0.15) is 12.5 Å². The van der Waals surface area contributed by atoms with Gasteiger partial charge in [-0.3, -0.25) is 0 Å². The van der Waals surface area contributed by atoms with E-state index in [0.29, 0.717) is 5.82 Å². The van der Waals surface area contributed by atoms with Crippen LogP contribution in [0.5, 0.6) is 0 Å². The highest BCUT2D eigenvalue weighted by Crippen LogP contribution is 2.16. The number of hydrogen-bond donors (Lipinski definition) is 0. The second-order valence-electron chi connectivity index (χ2n) is 3.41. The molecule has 0 amide bonds. The second kappa shape index (κ2) is 5.16. The normalized spacial score (nSPS) is 10.8. The summed E-state index contributed by atoms with van der Waals surface area (Å²) in [5.74, 6) is 0.627. The van der Waals surface area contributed by atoms with Gasteiger partial charge in [-0.1, -0.05) is 25.1 Å². The zero-order valence-electron chi connectivity index (χ0n) is 9.17. The van der Waals surface area contributed by atoms with E-state index >= 15 is 0 Å². The Labute approximate surface area is 94.9 Å². The predicted octanol–water partition coefficient (Wildman–Crippen LogP) is 4.06. The van der Waals surface area contributed by atoms with Crippen molar-refractivity contribution in [1.29, 1.82) is 0 Å². The van der Waals surface area contributed by atoms with Gasteiger partial charge in [0, 0.05) is 6.20 Å². The van der Waals surface area contributed by atoms with Gasteiger partial charge in [0.2, 0.25) is 0 Å². The summed E-state index contributed by atoms with van der Waals surface area (Å²) < 4.78 is 0. The molecule has 80 valence electrons. The number of rotatable bonds is 3. The van der Waals surface area contributed by atoms with Crippen LogP contribution in [-0.4, -0.2) is 4.98 Å². The van der Waals surface area contributed by atoms with Gasteiger partial charge in [0.1, 0.15) is 0 Å². The van der Waals surface area contributed by atoms with Crippen LogP contribution in [0, 0.1) is 0 Å². The third-order valence-electron chi connectivity index (χ3n) is 2.26. The van der Waals surface area contributed by atoms with E-state index in [-0.39, 0.29) is 0 Å². The van der Waals surface area contributed by atoms with Crippen molar-refractivity contribution in [3.8, 4) is 0 Å². The van der Waals surface area contributed by atoms with Gasteiger partial charge in [-0.2, -0.15) is 0 Å². The minimum absolute atomic E-state index is 0.627. The Morgan fingerprint density at radius 3 is 2.44 bits per heavy atom. The maximum absolute atomic E-state index is 4.11. The molecular weight excluding hydrogens is 198 g/mol. The number of pyridine rings is 1. The molecule has 0 aliphatic rings. The van der Waals surface area contributed by atoms with Crippen molar-refractivity contribution in [1.82, 2.24) is 4.98 Å². The maximum Gasteiger partial charge on any atom is 0.174 e. The molecule has 0 N–H and O–H groups in total. The third-order valence-corrected chi connectivity index (χ3v) is 2.26. The molecule has 0 saturated carbocycles. The third kappa shape index (κ3) is 2.73. The fraction of sp³-hybridized carbons (Fsp3) is 0.154. The van der Waals surface area contributed by atoms with Crippen molar-refractivity contribution in [3.63, 3.8) is 0 Å². The minimum atomic E-state index is 0.627. The smallest absolute Gasteiger partial charge is 0.174 e. The molecular formula is C13H13N3. The van der Waals surface area contributed by atoms with Crippen molar-refractivity contribution in [2.45, 2.75) is 13.3 Å². The summed E-state index contributed by atoms with van der Waals surface area (Å²) in [7, 11) is 0.